The normalized spacial score (nSPS) is 29.0. The maximum absolute atomic E-state index is 4.72. The lowest BCUT2D eigenvalue weighted by atomic mass is 10.1. The average molecular weight is 319 g/mol. The third kappa shape index (κ3) is 2.07. The molecule has 1 saturated heterocycles. The Labute approximate surface area is 136 Å². The number of aromatic amines is 1. The number of nitrogens with one attached hydrogen (secondary N) is 1. The van der Waals surface area contributed by atoms with Crippen molar-refractivity contribution in [1.29, 1.82) is 0 Å². The van der Waals surface area contributed by atoms with Crippen LogP contribution in [0.3, 0.4) is 0 Å². The summed E-state index contributed by atoms with van der Waals surface area (Å²) in [6, 6.07) is 2.69. The SMILES string of the molecule is CCSN1CC2C(C(C)N(C)c3nn(C)c4[nH]ccc34)[C@@H]2C1. The second-order valence-electron chi connectivity index (χ2n) is 6.71. The molecule has 2 aliphatic rings. The lowest BCUT2D eigenvalue weighted by Gasteiger charge is -2.28. The van der Waals surface area contributed by atoms with Crippen molar-refractivity contribution in [2.24, 2.45) is 24.8 Å². The second kappa shape index (κ2) is 5.20. The van der Waals surface area contributed by atoms with Crippen molar-refractivity contribution in [3.8, 4) is 0 Å². The van der Waals surface area contributed by atoms with Gasteiger partial charge >= 0.3 is 0 Å². The van der Waals surface area contributed by atoms with Crippen molar-refractivity contribution in [2.45, 2.75) is 19.9 Å². The molecular formula is C16H25N5S. The van der Waals surface area contributed by atoms with E-state index in [0.717, 1.165) is 29.2 Å². The molecule has 4 rings (SSSR count). The predicted molar refractivity (Wildman–Crippen MR) is 93.1 cm³/mol. The summed E-state index contributed by atoms with van der Waals surface area (Å²) in [6.07, 6.45) is 2.00. The van der Waals surface area contributed by atoms with Crippen molar-refractivity contribution in [3.63, 3.8) is 0 Å². The number of rotatable bonds is 5. The molecule has 2 fully saturated rings. The van der Waals surface area contributed by atoms with Crippen LogP contribution in [-0.2, 0) is 7.05 Å². The Morgan fingerprint density at radius 3 is 2.86 bits per heavy atom. The van der Waals surface area contributed by atoms with Crippen LogP contribution in [0.15, 0.2) is 12.3 Å². The maximum Gasteiger partial charge on any atom is 0.160 e. The zero-order valence-corrected chi connectivity index (χ0v) is 14.6. The minimum Gasteiger partial charge on any atom is -0.355 e. The minimum absolute atomic E-state index is 0.553. The van der Waals surface area contributed by atoms with Crippen LogP contribution >= 0.6 is 11.9 Å². The van der Waals surface area contributed by atoms with Gasteiger partial charge in [-0.2, -0.15) is 5.10 Å². The maximum atomic E-state index is 4.72. The molecule has 0 spiro atoms. The van der Waals surface area contributed by atoms with E-state index in [9.17, 15) is 0 Å². The number of nitrogens with zero attached hydrogens (tertiary/aromatic N) is 4. The molecule has 1 saturated carbocycles. The Hall–Kier alpha value is -1.14. The van der Waals surface area contributed by atoms with Crippen LogP contribution in [0.4, 0.5) is 5.82 Å². The van der Waals surface area contributed by atoms with Gasteiger partial charge in [-0.05, 0) is 30.7 Å². The molecule has 0 bridgehead atoms. The standard InChI is InChI=1S/C16H25N5S/c1-5-22-21-8-12-13(9-21)14(12)10(2)19(3)16-11-6-7-17-15(11)20(4)18-16/h6-7,10,12-14,17H,5,8-9H2,1-4H3/t10?,12-,13?,14?/m1/s1. The van der Waals surface area contributed by atoms with E-state index in [1.807, 2.05) is 29.9 Å². The van der Waals surface area contributed by atoms with Gasteiger partial charge in [0.05, 0.1) is 5.39 Å². The van der Waals surface area contributed by atoms with Crippen LogP contribution < -0.4 is 4.90 Å². The largest absolute Gasteiger partial charge is 0.355 e. The molecular weight excluding hydrogens is 294 g/mol. The van der Waals surface area contributed by atoms with Gasteiger partial charge in [-0.15, -0.1) is 0 Å². The van der Waals surface area contributed by atoms with Gasteiger partial charge in [-0.25, -0.2) is 4.68 Å². The average Bonchev–Trinajstić information content (AvgIpc) is 2.93. The first-order valence-electron chi connectivity index (χ1n) is 8.22. The van der Waals surface area contributed by atoms with Crippen molar-refractivity contribution in [3.05, 3.63) is 12.3 Å². The lowest BCUT2D eigenvalue weighted by molar-refractivity contribution is 0.422. The summed E-state index contributed by atoms with van der Waals surface area (Å²) < 4.78 is 4.50. The number of piperidine rings is 1. The van der Waals surface area contributed by atoms with E-state index in [0.29, 0.717) is 6.04 Å². The Morgan fingerprint density at radius 2 is 2.18 bits per heavy atom. The summed E-state index contributed by atoms with van der Waals surface area (Å²) in [5, 5.41) is 5.94. The van der Waals surface area contributed by atoms with E-state index in [-0.39, 0.29) is 0 Å². The molecule has 5 nitrogen and oxygen atoms in total. The minimum atomic E-state index is 0.553. The van der Waals surface area contributed by atoms with Gasteiger partial charge in [0.2, 0.25) is 0 Å². The van der Waals surface area contributed by atoms with Crippen LogP contribution in [0.5, 0.6) is 0 Å². The van der Waals surface area contributed by atoms with Gasteiger partial charge in [0.15, 0.2) is 5.82 Å². The highest BCUT2D eigenvalue weighted by molar-refractivity contribution is 7.96. The molecule has 2 aromatic rings. The summed E-state index contributed by atoms with van der Waals surface area (Å²) in [6.45, 7) is 7.15. The van der Waals surface area contributed by atoms with Crippen LogP contribution in [0.2, 0.25) is 0 Å². The molecule has 2 aromatic heterocycles. The molecule has 0 radical (unpaired) electrons. The van der Waals surface area contributed by atoms with Crippen molar-refractivity contribution in [2.75, 3.05) is 30.8 Å². The molecule has 1 aliphatic heterocycles. The molecule has 3 unspecified atom stereocenters. The lowest BCUT2D eigenvalue weighted by Crippen LogP contribution is -2.34. The van der Waals surface area contributed by atoms with E-state index in [4.69, 9.17) is 5.10 Å². The highest BCUT2D eigenvalue weighted by Crippen LogP contribution is 2.56. The van der Waals surface area contributed by atoms with Gasteiger partial charge in [-0.3, -0.25) is 4.31 Å². The number of fused-ring (bicyclic) bond motifs is 2. The summed E-state index contributed by atoms with van der Waals surface area (Å²) in [7, 11) is 4.21. The smallest absolute Gasteiger partial charge is 0.160 e. The topological polar surface area (TPSA) is 40.1 Å². The van der Waals surface area contributed by atoms with Gasteiger partial charge < -0.3 is 9.88 Å². The first-order valence-corrected chi connectivity index (χ1v) is 9.16. The fourth-order valence-corrected chi connectivity index (χ4v) is 5.22. The van der Waals surface area contributed by atoms with Gasteiger partial charge in [0.25, 0.3) is 0 Å². The first-order chi connectivity index (χ1) is 10.6. The molecule has 120 valence electrons. The number of anilines is 1. The van der Waals surface area contributed by atoms with E-state index < -0.39 is 0 Å². The van der Waals surface area contributed by atoms with Crippen LogP contribution in [0.25, 0.3) is 11.0 Å². The monoisotopic (exact) mass is 319 g/mol. The third-order valence-electron chi connectivity index (χ3n) is 5.57. The summed E-state index contributed by atoms with van der Waals surface area (Å²) in [5.74, 6) is 4.91. The van der Waals surface area contributed by atoms with Crippen LogP contribution in [0, 0.1) is 17.8 Å². The van der Waals surface area contributed by atoms with Crippen molar-refractivity contribution in [1.82, 2.24) is 19.1 Å². The molecule has 0 aromatic carbocycles. The molecule has 22 heavy (non-hydrogen) atoms. The fraction of sp³-hybridized carbons (Fsp3) is 0.688. The Morgan fingerprint density at radius 1 is 1.45 bits per heavy atom. The highest BCUT2D eigenvalue weighted by Gasteiger charge is 2.58. The van der Waals surface area contributed by atoms with Crippen molar-refractivity contribution >= 4 is 28.8 Å². The first kappa shape index (κ1) is 14.5. The van der Waals surface area contributed by atoms with E-state index >= 15 is 0 Å². The van der Waals surface area contributed by atoms with Gasteiger partial charge in [-0.1, -0.05) is 18.9 Å². The van der Waals surface area contributed by atoms with E-state index in [1.165, 1.54) is 24.2 Å². The highest BCUT2D eigenvalue weighted by atomic mass is 32.2. The van der Waals surface area contributed by atoms with Gasteiger partial charge in [0.1, 0.15) is 5.65 Å². The number of hydrogen-bond acceptors (Lipinski definition) is 4. The molecule has 4 atom stereocenters. The molecule has 1 aliphatic carbocycles. The number of hydrogen-bond donors (Lipinski definition) is 1. The predicted octanol–water partition coefficient (Wildman–Crippen LogP) is 2.57. The van der Waals surface area contributed by atoms with E-state index in [1.54, 1.807) is 0 Å². The quantitative estimate of drug-likeness (QED) is 0.860. The van der Waals surface area contributed by atoms with Crippen LogP contribution in [-0.4, -0.2) is 51.0 Å². The summed E-state index contributed by atoms with van der Waals surface area (Å²) in [5.41, 5.74) is 1.11. The molecule has 6 heteroatoms. The number of H-pyrrole nitrogens is 1. The van der Waals surface area contributed by atoms with Gasteiger partial charge in [0, 0.05) is 45.2 Å². The number of aryl methyl sites for hydroxylation is 1. The summed E-state index contributed by atoms with van der Waals surface area (Å²) in [4.78, 5) is 5.66. The Kier molecular flexibility index (Phi) is 3.42. The Balaban J connectivity index is 1.48. The molecule has 0 amide bonds. The zero-order valence-electron chi connectivity index (χ0n) is 13.8. The zero-order chi connectivity index (χ0) is 15.4. The van der Waals surface area contributed by atoms with Crippen molar-refractivity contribution < 1.29 is 0 Å². The number of aromatic nitrogens is 3. The second-order valence-corrected chi connectivity index (χ2v) is 8.06. The molecule has 1 N–H and O–H groups in total. The fourth-order valence-electron chi connectivity index (χ4n) is 4.30. The Bertz CT molecular complexity index is 665. The molecule has 3 heterocycles. The third-order valence-corrected chi connectivity index (χ3v) is 6.50. The van der Waals surface area contributed by atoms with Crippen LogP contribution in [0.1, 0.15) is 13.8 Å². The van der Waals surface area contributed by atoms with E-state index in [2.05, 4.69) is 41.2 Å². The summed E-state index contributed by atoms with van der Waals surface area (Å²) >= 11 is 2.00.